The number of amidine groups is 1. The molecule has 1 aliphatic heterocycles. The van der Waals surface area contributed by atoms with Gasteiger partial charge < -0.3 is 9.47 Å². The molecule has 2 aromatic carbocycles. The summed E-state index contributed by atoms with van der Waals surface area (Å²) in [6.45, 7) is 2.54. The molecular weight excluding hydrogens is 362 g/mol. The molecule has 1 heterocycles. The van der Waals surface area contributed by atoms with Crippen LogP contribution in [0, 0.1) is 6.92 Å². The molecule has 0 unspecified atom stereocenters. The summed E-state index contributed by atoms with van der Waals surface area (Å²) in [5.74, 6) is 1.71. The number of rotatable bonds is 6. The fraction of sp³-hybridized carbons (Fsp3) is 0.250. The van der Waals surface area contributed by atoms with Gasteiger partial charge in [-0.15, -0.1) is 5.10 Å². The number of nitrogens with zero attached hydrogens (tertiary/aromatic N) is 3. The Balaban J connectivity index is 1.76. The van der Waals surface area contributed by atoms with E-state index in [2.05, 4.69) is 10.2 Å². The molecule has 0 bridgehead atoms. The van der Waals surface area contributed by atoms with E-state index in [1.165, 1.54) is 11.8 Å². The van der Waals surface area contributed by atoms with Crippen LogP contribution in [0.25, 0.3) is 0 Å². The minimum atomic E-state index is 0.0447. The van der Waals surface area contributed by atoms with Crippen LogP contribution in [-0.4, -0.2) is 42.2 Å². The molecule has 1 fully saturated rings. The maximum absolute atomic E-state index is 12.2. The SMILES string of the molecule is COc1ccc(/C=N/N=C2\SCC(=O)N2Cc2ccccc2C)cc1OC. The second kappa shape index (κ2) is 8.73. The molecule has 0 radical (unpaired) electrons. The summed E-state index contributed by atoms with van der Waals surface area (Å²) in [5.41, 5.74) is 3.08. The third-order valence-electron chi connectivity index (χ3n) is 4.20. The predicted molar refractivity (Wildman–Crippen MR) is 109 cm³/mol. The zero-order valence-corrected chi connectivity index (χ0v) is 16.3. The quantitative estimate of drug-likeness (QED) is 0.566. The van der Waals surface area contributed by atoms with Crippen molar-refractivity contribution >= 4 is 29.1 Å². The van der Waals surface area contributed by atoms with Gasteiger partial charge >= 0.3 is 0 Å². The van der Waals surface area contributed by atoms with E-state index in [0.29, 0.717) is 29.0 Å². The van der Waals surface area contributed by atoms with Gasteiger partial charge in [-0.2, -0.15) is 5.10 Å². The maximum Gasteiger partial charge on any atom is 0.239 e. The molecule has 1 amide bonds. The van der Waals surface area contributed by atoms with Crippen molar-refractivity contribution in [1.29, 1.82) is 0 Å². The first-order chi connectivity index (χ1) is 13.1. The first kappa shape index (κ1) is 19.0. The Morgan fingerprint density at radius 3 is 2.67 bits per heavy atom. The molecule has 6 nitrogen and oxygen atoms in total. The van der Waals surface area contributed by atoms with E-state index in [1.807, 2.05) is 49.4 Å². The van der Waals surface area contributed by atoms with Crippen LogP contribution in [0.1, 0.15) is 16.7 Å². The number of ether oxygens (including phenoxy) is 2. The van der Waals surface area contributed by atoms with E-state index in [9.17, 15) is 4.79 Å². The van der Waals surface area contributed by atoms with Crippen LogP contribution in [-0.2, 0) is 11.3 Å². The van der Waals surface area contributed by atoms with E-state index < -0.39 is 0 Å². The largest absolute Gasteiger partial charge is 0.493 e. The second-order valence-corrected chi connectivity index (χ2v) is 6.88. The molecule has 0 N–H and O–H groups in total. The van der Waals surface area contributed by atoms with E-state index in [1.54, 1.807) is 25.3 Å². The third kappa shape index (κ3) is 4.49. The fourth-order valence-corrected chi connectivity index (χ4v) is 3.50. The second-order valence-electron chi connectivity index (χ2n) is 5.94. The van der Waals surface area contributed by atoms with Gasteiger partial charge in [0.15, 0.2) is 16.7 Å². The lowest BCUT2D eigenvalue weighted by molar-refractivity contribution is -0.124. The lowest BCUT2D eigenvalue weighted by Gasteiger charge is -2.16. The number of methoxy groups -OCH3 is 2. The van der Waals surface area contributed by atoms with Crippen LogP contribution in [0.3, 0.4) is 0 Å². The van der Waals surface area contributed by atoms with Crippen molar-refractivity contribution in [2.75, 3.05) is 20.0 Å². The lowest BCUT2D eigenvalue weighted by atomic mass is 10.1. The molecule has 140 valence electrons. The Kier molecular flexibility index (Phi) is 6.13. The Morgan fingerprint density at radius 1 is 1.15 bits per heavy atom. The van der Waals surface area contributed by atoms with Gasteiger partial charge in [-0.25, -0.2) is 0 Å². The zero-order valence-electron chi connectivity index (χ0n) is 15.5. The van der Waals surface area contributed by atoms with Crippen molar-refractivity contribution < 1.29 is 14.3 Å². The molecular formula is C20H21N3O3S. The Bertz CT molecular complexity index is 896. The zero-order chi connectivity index (χ0) is 19.2. The molecule has 7 heteroatoms. The van der Waals surface area contributed by atoms with E-state index in [-0.39, 0.29) is 5.91 Å². The highest BCUT2D eigenvalue weighted by molar-refractivity contribution is 8.15. The van der Waals surface area contributed by atoms with Gasteiger partial charge in [0.05, 0.1) is 32.7 Å². The number of thioether (sulfide) groups is 1. The number of amides is 1. The summed E-state index contributed by atoms with van der Waals surface area (Å²) in [7, 11) is 3.18. The van der Waals surface area contributed by atoms with Crippen molar-refractivity contribution in [2.24, 2.45) is 10.2 Å². The van der Waals surface area contributed by atoms with Crippen molar-refractivity contribution in [3.8, 4) is 11.5 Å². The van der Waals surface area contributed by atoms with Crippen LogP contribution < -0.4 is 9.47 Å². The fourth-order valence-electron chi connectivity index (χ4n) is 2.66. The summed E-state index contributed by atoms with van der Waals surface area (Å²) < 4.78 is 10.5. The first-order valence-electron chi connectivity index (χ1n) is 8.43. The van der Waals surface area contributed by atoms with Gasteiger partial charge in [0, 0.05) is 0 Å². The molecule has 1 saturated heterocycles. The molecule has 0 atom stereocenters. The van der Waals surface area contributed by atoms with Crippen LogP contribution in [0.2, 0.25) is 0 Å². The van der Waals surface area contributed by atoms with Crippen molar-refractivity contribution in [3.63, 3.8) is 0 Å². The van der Waals surface area contributed by atoms with Crippen molar-refractivity contribution in [3.05, 3.63) is 59.2 Å². The Morgan fingerprint density at radius 2 is 1.93 bits per heavy atom. The maximum atomic E-state index is 12.2. The van der Waals surface area contributed by atoms with Crippen LogP contribution in [0.5, 0.6) is 11.5 Å². The van der Waals surface area contributed by atoms with Crippen LogP contribution in [0.15, 0.2) is 52.7 Å². The average molecular weight is 383 g/mol. The highest BCUT2D eigenvalue weighted by atomic mass is 32.2. The average Bonchev–Trinajstić information content (AvgIpc) is 3.03. The lowest BCUT2D eigenvalue weighted by Crippen LogP contribution is -2.29. The summed E-state index contributed by atoms with van der Waals surface area (Å²) >= 11 is 1.40. The van der Waals surface area contributed by atoms with Gasteiger partial charge in [0.25, 0.3) is 0 Å². The number of benzene rings is 2. The topological polar surface area (TPSA) is 63.5 Å². The van der Waals surface area contributed by atoms with Gasteiger partial charge in [0.2, 0.25) is 5.91 Å². The smallest absolute Gasteiger partial charge is 0.239 e. The predicted octanol–water partition coefficient (Wildman–Crippen LogP) is 3.48. The normalized spacial score (nSPS) is 15.7. The molecule has 27 heavy (non-hydrogen) atoms. The van der Waals surface area contributed by atoms with E-state index >= 15 is 0 Å². The van der Waals surface area contributed by atoms with Crippen molar-refractivity contribution in [2.45, 2.75) is 13.5 Å². The summed E-state index contributed by atoms with van der Waals surface area (Å²) in [4.78, 5) is 13.9. The summed E-state index contributed by atoms with van der Waals surface area (Å²) in [6, 6.07) is 13.5. The number of hydrogen-bond acceptors (Lipinski definition) is 6. The number of aryl methyl sites for hydroxylation is 1. The van der Waals surface area contributed by atoms with Crippen LogP contribution >= 0.6 is 11.8 Å². The Labute approximate surface area is 162 Å². The van der Waals surface area contributed by atoms with Crippen molar-refractivity contribution in [1.82, 2.24) is 4.90 Å². The summed E-state index contributed by atoms with van der Waals surface area (Å²) in [5, 5.41) is 9.02. The van der Waals surface area contributed by atoms with Gasteiger partial charge in [-0.1, -0.05) is 36.0 Å². The highest BCUT2D eigenvalue weighted by Gasteiger charge is 2.28. The highest BCUT2D eigenvalue weighted by Crippen LogP contribution is 2.27. The molecule has 2 aromatic rings. The number of hydrogen-bond donors (Lipinski definition) is 0. The molecule has 0 aromatic heterocycles. The van der Waals surface area contributed by atoms with Crippen LogP contribution in [0.4, 0.5) is 0 Å². The molecule has 3 rings (SSSR count). The monoisotopic (exact) mass is 383 g/mol. The van der Waals surface area contributed by atoms with E-state index in [0.717, 1.165) is 16.7 Å². The Hall–Kier alpha value is -2.80. The van der Waals surface area contributed by atoms with Gasteiger partial charge in [-0.05, 0) is 41.8 Å². The number of carbonyl (C=O) groups is 1. The molecule has 0 saturated carbocycles. The third-order valence-corrected chi connectivity index (χ3v) is 5.16. The first-order valence-corrected chi connectivity index (χ1v) is 9.41. The number of carbonyl (C=O) groups excluding carboxylic acids is 1. The molecule has 0 spiro atoms. The van der Waals surface area contributed by atoms with Gasteiger partial charge in [0.1, 0.15) is 0 Å². The minimum absolute atomic E-state index is 0.0447. The van der Waals surface area contributed by atoms with Gasteiger partial charge in [-0.3, -0.25) is 9.69 Å². The molecule has 1 aliphatic rings. The minimum Gasteiger partial charge on any atom is -0.493 e. The van der Waals surface area contributed by atoms with E-state index in [4.69, 9.17) is 9.47 Å². The summed E-state index contributed by atoms with van der Waals surface area (Å²) in [6.07, 6.45) is 1.63. The standard InChI is InChI=1S/C20H21N3O3S/c1-14-6-4-5-7-16(14)12-23-19(24)13-27-20(23)22-21-11-15-8-9-17(25-2)18(10-15)26-3/h4-11H,12-13H2,1-3H3/b21-11+,22-20-. The molecule has 0 aliphatic carbocycles.